The van der Waals surface area contributed by atoms with Crippen molar-refractivity contribution >= 4 is 22.6 Å². The standard InChI is InChI=1S/C19H17F3N4O/c20-19(21,22)13-4-3-5-14(11-13)23-18(27)12-8-9-17-16(10-12)24-25-26(17)15-6-1-2-7-15/h3-5,8-11,15H,1-2,6-7H2,(H,23,27). The lowest BCUT2D eigenvalue weighted by Gasteiger charge is -2.11. The van der Waals surface area contributed by atoms with Crippen molar-refractivity contribution < 1.29 is 18.0 Å². The second kappa shape index (κ2) is 6.68. The summed E-state index contributed by atoms with van der Waals surface area (Å²) in [5, 5.41) is 10.9. The van der Waals surface area contributed by atoms with Crippen molar-refractivity contribution in [3.05, 3.63) is 53.6 Å². The minimum atomic E-state index is -4.46. The number of halogens is 3. The molecule has 1 fully saturated rings. The molecule has 0 spiro atoms. The Morgan fingerprint density at radius 3 is 2.63 bits per heavy atom. The third-order valence-corrected chi connectivity index (χ3v) is 4.85. The number of hydrogen-bond acceptors (Lipinski definition) is 3. The van der Waals surface area contributed by atoms with Crippen molar-refractivity contribution in [3.63, 3.8) is 0 Å². The maximum atomic E-state index is 12.8. The highest BCUT2D eigenvalue weighted by Crippen LogP contribution is 2.32. The Balaban J connectivity index is 1.56. The van der Waals surface area contributed by atoms with Gasteiger partial charge in [-0.3, -0.25) is 4.79 Å². The molecule has 0 aliphatic heterocycles. The van der Waals surface area contributed by atoms with Gasteiger partial charge in [0, 0.05) is 11.3 Å². The first-order valence-corrected chi connectivity index (χ1v) is 8.75. The van der Waals surface area contributed by atoms with Crippen molar-refractivity contribution in [2.24, 2.45) is 0 Å². The highest BCUT2D eigenvalue weighted by atomic mass is 19.4. The van der Waals surface area contributed by atoms with Crippen LogP contribution in [-0.4, -0.2) is 20.9 Å². The van der Waals surface area contributed by atoms with E-state index in [0.29, 0.717) is 17.1 Å². The monoisotopic (exact) mass is 374 g/mol. The first-order chi connectivity index (χ1) is 12.9. The summed E-state index contributed by atoms with van der Waals surface area (Å²) >= 11 is 0. The number of fused-ring (bicyclic) bond motifs is 1. The Hall–Kier alpha value is -2.90. The highest BCUT2D eigenvalue weighted by molar-refractivity contribution is 6.05. The summed E-state index contributed by atoms with van der Waals surface area (Å²) in [5.74, 6) is -0.494. The Labute approximate surface area is 153 Å². The maximum absolute atomic E-state index is 12.8. The van der Waals surface area contributed by atoms with E-state index in [1.807, 2.05) is 4.68 Å². The van der Waals surface area contributed by atoms with Crippen LogP contribution in [0.15, 0.2) is 42.5 Å². The SMILES string of the molecule is O=C(Nc1cccc(C(F)(F)F)c1)c1ccc2c(c1)nnn2C1CCCC1. The molecule has 27 heavy (non-hydrogen) atoms. The molecule has 3 aromatic rings. The Morgan fingerprint density at radius 2 is 1.89 bits per heavy atom. The number of hydrogen-bond donors (Lipinski definition) is 1. The van der Waals surface area contributed by atoms with Crippen molar-refractivity contribution in [2.45, 2.75) is 37.9 Å². The fourth-order valence-corrected chi connectivity index (χ4v) is 3.48. The number of aromatic nitrogens is 3. The molecule has 8 heteroatoms. The average Bonchev–Trinajstić information content (AvgIpc) is 3.30. The van der Waals surface area contributed by atoms with E-state index < -0.39 is 17.6 Å². The molecule has 0 bridgehead atoms. The topological polar surface area (TPSA) is 59.8 Å². The van der Waals surface area contributed by atoms with E-state index >= 15 is 0 Å². The summed E-state index contributed by atoms with van der Waals surface area (Å²) in [7, 11) is 0. The molecule has 1 aliphatic rings. The fourth-order valence-electron chi connectivity index (χ4n) is 3.48. The molecule has 5 nitrogen and oxygen atoms in total. The Morgan fingerprint density at radius 1 is 1.11 bits per heavy atom. The van der Waals surface area contributed by atoms with Gasteiger partial charge in [-0.05, 0) is 49.2 Å². The fraction of sp³-hybridized carbons (Fsp3) is 0.316. The number of nitrogens with zero attached hydrogens (tertiary/aromatic N) is 3. The van der Waals surface area contributed by atoms with Gasteiger partial charge in [0.15, 0.2) is 0 Å². The summed E-state index contributed by atoms with van der Waals surface area (Å²) in [6.45, 7) is 0. The largest absolute Gasteiger partial charge is 0.416 e. The predicted octanol–water partition coefficient (Wildman–Crippen LogP) is 4.82. The quantitative estimate of drug-likeness (QED) is 0.715. The minimum absolute atomic E-state index is 0.0875. The molecule has 0 unspecified atom stereocenters. The van der Waals surface area contributed by atoms with Gasteiger partial charge in [0.1, 0.15) is 5.52 Å². The number of benzene rings is 2. The van der Waals surface area contributed by atoms with Gasteiger partial charge in [0.2, 0.25) is 0 Å². The molecule has 2 aromatic carbocycles. The van der Waals surface area contributed by atoms with Crippen LogP contribution in [0.4, 0.5) is 18.9 Å². The van der Waals surface area contributed by atoms with Crippen molar-refractivity contribution in [3.8, 4) is 0 Å². The molecular formula is C19H17F3N4O. The van der Waals surface area contributed by atoms with Gasteiger partial charge in [0.05, 0.1) is 17.1 Å². The van der Waals surface area contributed by atoms with E-state index in [9.17, 15) is 18.0 Å². The Kier molecular flexibility index (Phi) is 4.33. The lowest BCUT2D eigenvalue weighted by Crippen LogP contribution is -2.13. The van der Waals surface area contributed by atoms with Crippen molar-refractivity contribution in [2.75, 3.05) is 5.32 Å². The van der Waals surface area contributed by atoms with Gasteiger partial charge in [-0.15, -0.1) is 5.10 Å². The molecule has 0 atom stereocenters. The average molecular weight is 374 g/mol. The normalized spacial score (nSPS) is 15.4. The second-order valence-electron chi connectivity index (χ2n) is 6.71. The van der Waals surface area contributed by atoms with Crippen LogP contribution in [-0.2, 0) is 6.18 Å². The van der Waals surface area contributed by atoms with E-state index in [1.165, 1.54) is 25.0 Å². The van der Waals surface area contributed by atoms with E-state index in [2.05, 4.69) is 15.6 Å². The number of anilines is 1. The number of rotatable bonds is 3. The molecule has 1 aromatic heterocycles. The smallest absolute Gasteiger partial charge is 0.322 e. The van der Waals surface area contributed by atoms with Crippen LogP contribution in [0.1, 0.15) is 47.6 Å². The summed E-state index contributed by atoms with van der Waals surface area (Å²) in [5.41, 5.74) is 1.05. The summed E-state index contributed by atoms with van der Waals surface area (Å²) in [6, 6.07) is 9.91. The Bertz CT molecular complexity index is 990. The molecule has 0 saturated heterocycles. The number of nitrogens with one attached hydrogen (secondary N) is 1. The first-order valence-electron chi connectivity index (χ1n) is 8.75. The van der Waals surface area contributed by atoms with E-state index in [0.717, 1.165) is 30.5 Å². The summed E-state index contributed by atoms with van der Waals surface area (Å²) in [4.78, 5) is 12.4. The lowest BCUT2D eigenvalue weighted by molar-refractivity contribution is -0.137. The van der Waals surface area contributed by atoms with E-state index in [4.69, 9.17) is 0 Å². The number of amides is 1. The molecule has 1 aliphatic carbocycles. The predicted molar refractivity (Wildman–Crippen MR) is 94.4 cm³/mol. The molecule has 1 saturated carbocycles. The molecule has 0 radical (unpaired) electrons. The number of carbonyl (C=O) groups is 1. The van der Waals surface area contributed by atoms with Gasteiger partial charge in [-0.2, -0.15) is 13.2 Å². The third kappa shape index (κ3) is 3.51. The number of carbonyl (C=O) groups excluding carboxylic acids is 1. The van der Waals surface area contributed by atoms with Crippen LogP contribution in [0, 0.1) is 0 Å². The van der Waals surface area contributed by atoms with E-state index in [1.54, 1.807) is 18.2 Å². The van der Waals surface area contributed by atoms with Gasteiger partial charge in [-0.1, -0.05) is 24.1 Å². The van der Waals surface area contributed by atoms with Crippen LogP contribution in [0.3, 0.4) is 0 Å². The van der Waals surface area contributed by atoms with E-state index in [-0.39, 0.29) is 5.69 Å². The highest BCUT2D eigenvalue weighted by Gasteiger charge is 2.30. The number of alkyl halides is 3. The molecule has 1 amide bonds. The molecule has 4 rings (SSSR count). The lowest BCUT2D eigenvalue weighted by atomic mass is 10.1. The van der Waals surface area contributed by atoms with Gasteiger partial charge in [0.25, 0.3) is 5.91 Å². The molecule has 1 N–H and O–H groups in total. The van der Waals surface area contributed by atoms with Crippen molar-refractivity contribution in [1.82, 2.24) is 15.0 Å². The molecule has 1 heterocycles. The van der Waals surface area contributed by atoms with Crippen LogP contribution in [0.5, 0.6) is 0 Å². The zero-order chi connectivity index (χ0) is 19.0. The van der Waals surface area contributed by atoms with Crippen LogP contribution >= 0.6 is 0 Å². The van der Waals surface area contributed by atoms with Gasteiger partial charge < -0.3 is 5.32 Å². The first kappa shape index (κ1) is 17.5. The van der Waals surface area contributed by atoms with Crippen LogP contribution in [0.25, 0.3) is 11.0 Å². The minimum Gasteiger partial charge on any atom is -0.322 e. The summed E-state index contributed by atoms with van der Waals surface area (Å²) < 4.78 is 40.3. The zero-order valence-electron chi connectivity index (χ0n) is 14.3. The van der Waals surface area contributed by atoms with Crippen LogP contribution < -0.4 is 5.32 Å². The molecular weight excluding hydrogens is 357 g/mol. The maximum Gasteiger partial charge on any atom is 0.416 e. The van der Waals surface area contributed by atoms with Gasteiger partial charge in [-0.25, -0.2) is 4.68 Å². The van der Waals surface area contributed by atoms with Gasteiger partial charge >= 0.3 is 6.18 Å². The third-order valence-electron chi connectivity index (χ3n) is 4.85. The van der Waals surface area contributed by atoms with Crippen LogP contribution in [0.2, 0.25) is 0 Å². The molecule has 140 valence electrons. The zero-order valence-corrected chi connectivity index (χ0v) is 14.3. The summed E-state index contributed by atoms with van der Waals surface area (Å²) in [6.07, 6.45) is 0.0118. The van der Waals surface area contributed by atoms with Crippen molar-refractivity contribution in [1.29, 1.82) is 0 Å². The second-order valence-corrected chi connectivity index (χ2v) is 6.71.